The van der Waals surface area contributed by atoms with Crippen molar-refractivity contribution in [3.63, 3.8) is 0 Å². The Bertz CT molecular complexity index is 167. The number of hydrogen-bond acceptors (Lipinski definition) is 2. The summed E-state index contributed by atoms with van der Waals surface area (Å²) in [4.78, 5) is 0. The third-order valence-corrected chi connectivity index (χ3v) is 4.23. The van der Waals surface area contributed by atoms with Crippen LogP contribution in [0.3, 0.4) is 0 Å². The molecule has 0 aromatic heterocycles. The minimum absolute atomic E-state index is 0.0492. The van der Waals surface area contributed by atoms with Gasteiger partial charge in [0.25, 0.3) is 0 Å². The molecule has 1 spiro atoms. The summed E-state index contributed by atoms with van der Waals surface area (Å²) in [5, 5.41) is 18.7. The second-order valence-corrected chi connectivity index (χ2v) is 4.82. The van der Waals surface area contributed by atoms with Gasteiger partial charge in [0.15, 0.2) is 0 Å². The van der Waals surface area contributed by atoms with Gasteiger partial charge in [0.1, 0.15) is 0 Å². The zero-order valence-electron chi connectivity index (χ0n) is 8.21. The molecule has 13 heavy (non-hydrogen) atoms. The molecule has 0 aromatic carbocycles. The van der Waals surface area contributed by atoms with Gasteiger partial charge in [-0.05, 0) is 37.0 Å². The molecule has 76 valence electrons. The van der Waals surface area contributed by atoms with Crippen LogP contribution in [0.4, 0.5) is 0 Å². The highest BCUT2D eigenvalue weighted by atomic mass is 16.3. The molecular formula is C11H20O2. The molecule has 2 saturated carbocycles. The zero-order chi connectivity index (χ0) is 9.31. The number of aliphatic hydroxyl groups is 2. The van der Waals surface area contributed by atoms with Gasteiger partial charge in [0.2, 0.25) is 0 Å². The van der Waals surface area contributed by atoms with E-state index in [-0.39, 0.29) is 6.61 Å². The number of hydrogen-bond donors (Lipinski definition) is 2. The van der Waals surface area contributed by atoms with Gasteiger partial charge in [-0.2, -0.15) is 0 Å². The van der Waals surface area contributed by atoms with Crippen LogP contribution < -0.4 is 0 Å². The lowest BCUT2D eigenvalue weighted by Crippen LogP contribution is -2.34. The van der Waals surface area contributed by atoms with Gasteiger partial charge in [-0.25, -0.2) is 0 Å². The molecule has 2 heteroatoms. The van der Waals surface area contributed by atoms with Crippen molar-refractivity contribution in [2.24, 2.45) is 11.3 Å². The van der Waals surface area contributed by atoms with E-state index < -0.39 is 6.10 Å². The summed E-state index contributed by atoms with van der Waals surface area (Å²) in [5.41, 5.74) is 0.419. The van der Waals surface area contributed by atoms with Crippen molar-refractivity contribution < 1.29 is 10.2 Å². The van der Waals surface area contributed by atoms with Crippen molar-refractivity contribution >= 4 is 0 Å². The smallest absolute Gasteiger partial charge is 0.0804 e. The van der Waals surface area contributed by atoms with Crippen molar-refractivity contribution in [3.05, 3.63) is 0 Å². The zero-order valence-corrected chi connectivity index (χ0v) is 8.21. The fourth-order valence-corrected chi connectivity index (χ4v) is 3.59. The number of rotatable bonds is 2. The van der Waals surface area contributed by atoms with Gasteiger partial charge in [0.05, 0.1) is 12.7 Å². The van der Waals surface area contributed by atoms with Gasteiger partial charge >= 0.3 is 0 Å². The van der Waals surface area contributed by atoms with Crippen molar-refractivity contribution in [1.29, 1.82) is 0 Å². The van der Waals surface area contributed by atoms with Crippen molar-refractivity contribution in [3.8, 4) is 0 Å². The van der Waals surface area contributed by atoms with E-state index >= 15 is 0 Å². The van der Waals surface area contributed by atoms with Gasteiger partial charge in [-0.15, -0.1) is 0 Å². The second kappa shape index (κ2) is 3.58. The van der Waals surface area contributed by atoms with E-state index in [2.05, 4.69) is 0 Å². The minimum atomic E-state index is -0.458. The van der Waals surface area contributed by atoms with E-state index in [1.807, 2.05) is 0 Å². The molecule has 0 heterocycles. The Hall–Kier alpha value is -0.0800. The molecule has 2 N–H and O–H groups in total. The molecule has 0 radical (unpaired) electrons. The summed E-state index contributed by atoms with van der Waals surface area (Å²) < 4.78 is 0. The molecule has 0 amide bonds. The van der Waals surface area contributed by atoms with Crippen LogP contribution in [0.2, 0.25) is 0 Å². The molecule has 0 aliphatic heterocycles. The lowest BCUT2D eigenvalue weighted by atomic mass is 9.74. The van der Waals surface area contributed by atoms with E-state index in [0.29, 0.717) is 11.3 Å². The highest BCUT2D eigenvalue weighted by Crippen LogP contribution is 2.55. The third kappa shape index (κ3) is 1.50. The molecule has 2 nitrogen and oxygen atoms in total. The van der Waals surface area contributed by atoms with Crippen LogP contribution in [0.1, 0.15) is 44.9 Å². The Kier molecular flexibility index (Phi) is 2.61. The molecular weight excluding hydrogens is 164 g/mol. The van der Waals surface area contributed by atoms with E-state index in [9.17, 15) is 5.11 Å². The van der Waals surface area contributed by atoms with Crippen LogP contribution in [-0.2, 0) is 0 Å². The molecule has 2 aliphatic rings. The Morgan fingerprint density at radius 3 is 2.38 bits per heavy atom. The third-order valence-electron chi connectivity index (χ3n) is 4.23. The topological polar surface area (TPSA) is 40.5 Å². The predicted molar refractivity (Wildman–Crippen MR) is 51.3 cm³/mol. The highest BCUT2D eigenvalue weighted by Gasteiger charge is 2.46. The molecule has 0 saturated heterocycles. The standard InChI is InChI=1S/C11H20O2/c12-8-10(13)9-4-3-7-11(9)5-1-2-6-11/h9-10,12-13H,1-8H2. The lowest BCUT2D eigenvalue weighted by molar-refractivity contribution is 0.000322. The van der Waals surface area contributed by atoms with Crippen LogP contribution in [0.15, 0.2) is 0 Å². The van der Waals surface area contributed by atoms with Crippen LogP contribution in [-0.4, -0.2) is 22.9 Å². The van der Waals surface area contributed by atoms with Crippen molar-refractivity contribution in [1.82, 2.24) is 0 Å². The lowest BCUT2D eigenvalue weighted by Gasteiger charge is -2.33. The van der Waals surface area contributed by atoms with E-state index in [1.54, 1.807) is 0 Å². The Labute approximate surface area is 80.0 Å². The molecule has 2 fully saturated rings. The molecule has 2 aliphatic carbocycles. The van der Waals surface area contributed by atoms with Gasteiger partial charge in [-0.3, -0.25) is 0 Å². The Balaban J connectivity index is 2.08. The van der Waals surface area contributed by atoms with E-state index in [1.165, 1.54) is 38.5 Å². The molecule has 2 atom stereocenters. The summed E-state index contributed by atoms with van der Waals surface area (Å²) in [6, 6.07) is 0. The number of aliphatic hydroxyl groups excluding tert-OH is 2. The fraction of sp³-hybridized carbons (Fsp3) is 1.00. The molecule has 2 unspecified atom stereocenters. The average Bonchev–Trinajstić information content (AvgIpc) is 2.76. The van der Waals surface area contributed by atoms with E-state index in [4.69, 9.17) is 5.11 Å². The van der Waals surface area contributed by atoms with Crippen LogP contribution in [0, 0.1) is 11.3 Å². The first kappa shape index (κ1) is 9.47. The monoisotopic (exact) mass is 184 g/mol. The van der Waals surface area contributed by atoms with Gasteiger partial charge in [-0.1, -0.05) is 19.3 Å². The first-order valence-electron chi connectivity index (χ1n) is 5.57. The summed E-state index contributed by atoms with van der Waals surface area (Å²) in [5.74, 6) is 0.389. The minimum Gasteiger partial charge on any atom is -0.394 e. The summed E-state index contributed by atoms with van der Waals surface area (Å²) in [6.45, 7) is -0.0492. The maximum absolute atomic E-state index is 9.73. The van der Waals surface area contributed by atoms with Crippen molar-refractivity contribution in [2.75, 3.05) is 6.61 Å². The van der Waals surface area contributed by atoms with Gasteiger partial charge < -0.3 is 10.2 Å². The van der Waals surface area contributed by atoms with Crippen LogP contribution in [0.25, 0.3) is 0 Å². The molecule has 0 aromatic rings. The summed E-state index contributed by atoms with van der Waals surface area (Å²) >= 11 is 0. The molecule has 2 rings (SSSR count). The SMILES string of the molecule is OCC(O)C1CCCC12CCCC2. The average molecular weight is 184 g/mol. The Morgan fingerprint density at radius 1 is 1.15 bits per heavy atom. The summed E-state index contributed by atoms with van der Waals surface area (Å²) in [7, 11) is 0. The fourth-order valence-electron chi connectivity index (χ4n) is 3.59. The van der Waals surface area contributed by atoms with E-state index in [0.717, 1.165) is 6.42 Å². The molecule has 0 bridgehead atoms. The first-order valence-corrected chi connectivity index (χ1v) is 5.57. The Morgan fingerprint density at radius 2 is 1.77 bits per heavy atom. The maximum atomic E-state index is 9.73. The maximum Gasteiger partial charge on any atom is 0.0804 e. The quantitative estimate of drug-likeness (QED) is 0.685. The second-order valence-electron chi connectivity index (χ2n) is 4.82. The van der Waals surface area contributed by atoms with Crippen LogP contribution in [0.5, 0.6) is 0 Å². The first-order chi connectivity index (χ1) is 6.28. The largest absolute Gasteiger partial charge is 0.394 e. The normalized spacial score (nSPS) is 34.2. The van der Waals surface area contributed by atoms with Crippen LogP contribution >= 0.6 is 0 Å². The predicted octanol–water partition coefficient (Wildman–Crippen LogP) is 1.70. The van der Waals surface area contributed by atoms with Crippen molar-refractivity contribution in [2.45, 2.75) is 51.0 Å². The van der Waals surface area contributed by atoms with Gasteiger partial charge in [0, 0.05) is 0 Å². The summed E-state index contributed by atoms with van der Waals surface area (Å²) in [6.07, 6.45) is 8.44. The highest BCUT2D eigenvalue weighted by molar-refractivity contribution is 4.97.